The van der Waals surface area contributed by atoms with Gasteiger partial charge in [0.15, 0.2) is 0 Å². The lowest BCUT2D eigenvalue weighted by Gasteiger charge is -2.15. The molecule has 5 nitrogen and oxygen atoms in total. The van der Waals surface area contributed by atoms with Crippen LogP contribution in [0.15, 0.2) is 0 Å². The Balaban J connectivity index is 2.23. The van der Waals surface area contributed by atoms with E-state index >= 15 is 0 Å². The van der Waals surface area contributed by atoms with E-state index in [2.05, 4.69) is 10.6 Å². The third-order valence-electron chi connectivity index (χ3n) is 2.27. The predicted molar refractivity (Wildman–Crippen MR) is 51.5 cm³/mol. The summed E-state index contributed by atoms with van der Waals surface area (Å²) in [6.07, 6.45) is 1.02. The van der Waals surface area contributed by atoms with Crippen molar-refractivity contribution in [3.8, 4) is 0 Å². The number of urea groups is 1. The maximum absolute atomic E-state index is 11.2. The van der Waals surface area contributed by atoms with E-state index in [0.29, 0.717) is 12.6 Å². The number of hydrogen-bond donors (Lipinski definition) is 3. The van der Waals surface area contributed by atoms with Gasteiger partial charge in [-0.25, -0.2) is 4.79 Å². The van der Waals surface area contributed by atoms with E-state index in [9.17, 15) is 4.79 Å². The number of likely N-dealkylation sites (tertiary alicyclic amines) is 1. The van der Waals surface area contributed by atoms with Crippen LogP contribution in [-0.4, -0.2) is 50.2 Å². The summed E-state index contributed by atoms with van der Waals surface area (Å²) < 4.78 is 0. The van der Waals surface area contributed by atoms with Gasteiger partial charge in [0, 0.05) is 39.3 Å². The second kappa shape index (κ2) is 5.04. The molecule has 5 heteroatoms. The van der Waals surface area contributed by atoms with Crippen molar-refractivity contribution in [2.75, 3.05) is 33.2 Å². The van der Waals surface area contributed by atoms with Crippen LogP contribution < -0.4 is 16.4 Å². The summed E-state index contributed by atoms with van der Waals surface area (Å²) in [6.45, 7) is 3.10. The van der Waals surface area contributed by atoms with Gasteiger partial charge in [-0.05, 0) is 6.42 Å². The van der Waals surface area contributed by atoms with Gasteiger partial charge in [-0.3, -0.25) is 0 Å². The molecule has 0 aliphatic carbocycles. The van der Waals surface area contributed by atoms with E-state index in [1.54, 1.807) is 7.05 Å². The first-order valence-electron chi connectivity index (χ1n) is 4.68. The fraction of sp³-hybridized carbons (Fsp3) is 0.875. The van der Waals surface area contributed by atoms with Crippen LogP contribution in [0, 0.1) is 0 Å². The first-order chi connectivity index (χ1) is 6.27. The number of nitrogens with zero attached hydrogens (tertiary/aromatic N) is 1. The highest BCUT2D eigenvalue weighted by Crippen LogP contribution is 2.08. The van der Waals surface area contributed by atoms with Crippen LogP contribution in [-0.2, 0) is 0 Å². The molecule has 1 rings (SSSR count). The Morgan fingerprint density at radius 2 is 2.46 bits per heavy atom. The van der Waals surface area contributed by atoms with E-state index in [4.69, 9.17) is 5.73 Å². The van der Waals surface area contributed by atoms with Crippen LogP contribution in [0.2, 0.25) is 0 Å². The molecule has 1 aliphatic heterocycles. The Kier molecular flexibility index (Phi) is 3.98. The highest BCUT2D eigenvalue weighted by atomic mass is 16.2. The molecular weight excluding hydrogens is 168 g/mol. The quantitative estimate of drug-likeness (QED) is 0.526. The molecule has 76 valence electrons. The first kappa shape index (κ1) is 10.3. The van der Waals surface area contributed by atoms with Crippen LogP contribution in [0.5, 0.6) is 0 Å². The Morgan fingerprint density at radius 1 is 1.69 bits per heavy atom. The number of nitrogens with one attached hydrogen (secondary N) is 2. The fourth-order valence-corrected chi connectivity index (χ4v) is 1.56. The Hall–Kier alpha value is -0.810. The maximum Gasteiger partial charge on any atom is 0.317 e. The molecule has 1 aliphatic rings. The van der Waals surface area contributed by atoms with Gasteiger partial charge in [0.2, 0.25) is 0 Å². The third kappa shape index (κ3) is 2.86. The molecule has 4 N–H and O–H groups in total. The molecule has 1 saturated heterocycles. The SMILES string of the molecule is CNC(=O)N1CCC(NCCN)C1. The first-order valence-corrected chi connectivity index (χ1v) is 4.68. The molecule has 13 heavy (non-hydrogen) atoms. The highest BCUT2D eigenvalue weighted by molar-refractivity contribution is 5.74. The van der Waals surface area contributed by atoms with Crippen LogP contribution in [0.4, 0.5) is 4.79 Å². The lowest BCUT2D eigenvalue weighted by atomic mass is 10.3. The maximum atomic E-state index is 11.2. The van der Waals surface area contributed by atoms with Gasteiger partial charge in [-0.1, -0.05) is 0 Å². The van der Waals surface area contributed by atoms with E-state index in [0.717, 1.165) is 26.1 Å². The summed E-state index contributed by atoms with van der Waals surface area (Å²) in [7, 11) is 1.66. The summed E-state index contributed by atoms with van der Waals surface area (Å²) in [5.41, 5.74) is 5.37. The molecule has 1 fully saturated rings. The number of carbonyl (C=O) groups excluding carboxylic acids is 1. The molecule has 2 amide bonds. The number of carbonyl (C=O) groups is 1. The zero-order valence-electron chi connectivity index (χ0n) is 8.05. The molecule has 0 aromatic heterocycles. The van der Waals surface area contributed by atoms with Gasteiger partial charge in [0.1, 0.15) is 0 Å². The largest absolute Gasteiger partial charge is 0.341 e. The van der Waals surface area contributed by atoms with Gasteiger partial charge in [-0.15, -0.1) is 0 Å². The summed E-state index contributed by atoms with van der Waals surface area (Å²) in [4.78, 5) is 13.0. The Labute approximate surface area is 78.6 Å². The second-order valence-corrected chi connectivity index (χ2v) is 3.23. The minimum atomic E-state index is 0.0112. The van der Waals surface area contributed by atoms with Crippen molar-refractivity contribution < 1.29 is 4.79 Å². The molecule has 0 saturated carbocycles. The molecule has 0 bridgehead atoms. The monoisotopic (exact) mass is 186 g/mol. The van der Waals surface area contributed by atoms with Crippen molar-refractivity contribution in [2.45, 2.75) is 12.5 Å². The summed E-state index contributed by atoms with van der Waals surface area (Å²) in [5, 5.41) is 5.91. The van der Waals surface area contributed by atoms with E-state index in [-0.39, 0.29) is 6.03 Å². The van der Waals surface area contributed by atoms with Gasteiger partial charge < -0.3 is 21.3 Å². The van der Waals surface area contributed by atoms with E-state index in [1.807, 2.05) is 4.90 Å². The molecule has 0 spiro atoms. The van der Waals surface area contributed by atoms with Crippen LogP contribution in [0.25, 0.3) is 0 Å². The summed E-state index contributed by atoms with van der Waals surface area (Å²) in [6, 6.07) is 0.429. The highest BCUT2D eigenvalue weighted by Gasteiger charge is 2.24. The Morgan fingerprint density at radius 3 is 3.08 bits per heavy atom. The van der Waals surface area contributed by atoms with Gasteiger partial charge >= 0.3 is 6.03 Å². The second-order valence-electron chi connectivity index (χ2n) is 3.23. The average molecular weight is 186 g/mol. The summed E-state index contributed by atoms with van der Waals surface area (Å²) >= 11 is 0. The number of rotatable bonds is 3. The van der Waals surface area contributed by atoms with Gasteiger partial charge in [-0.2, -0.15) is 0 Å². The molecule has 0 radical (unpaired) electrons. The van der Waals surface area contributed by atoms with E-state index in [1.165, 1.54) is 0 Å². The third-order valence-corrected chi connectivity index (χ3v) is 2.27. The van der Waals surface area contributed by atoms with Crippen molar-refractivity contribution >= 4 is 6.03 Å². The smallest absolute Gasteiger partial charge is 0.317 e. The van der Waals surface area contributed by atoms with Crippen molar-refractivity contribution in [3.63, 3.8) is 0 Å². The van der Waals surface area contributed by atoms with Crippen LogP contribution >= 0.6 is 0 Å². The Bertz CT molecular complexity index is 174. The van der Waals surface area contributed by atoms with Crippen molar-refractivity contribution in [1.82, 2.24) is 15.5 Å². The van der Waals surface area contributed by atoms with Crippen molar-refractivity contribution in [2.24, 2.45) is 5.73 Å². The van der Waals surface area contributed by atoms with E-state index < -0.39 is 0 Å². The minimum absolute atomic E-state index is 0.0112. The molecule has 1 heterocycles. The molecule has 1 unspecified atom stereocenters. The number of amides is 2. The standard InChI is InChI=1S/C8H18N4O/c1-10-8(13)12-5-2-7(6-12)11-4-3-9/h7,11H,2-6,9H2,1H3,(H,10,13). The normalized spacial score (nSPS) is 22.0. The topological polar surface area (TPSA) is 70.4 Å². The zero-order chi connectivity index (χ0) is 9.68. The number of nitrogens with two attached hydrogens (primary N) is 1. The fourth-order valence-electron chi connectivity index (χ4n) is 1.56. The number of hydrogen-bond acceptors (Lipinski definition) is 3. The van der Waals surface area contributed by atoms with Crippen molar-refractivity contribution in [1.29, 1.82) is 0 Å². The van der Waals surface area contributed by atoms with Crippen LogP contribution in [0.3, 0.4) is 0 Å². The van der Waals surface area contributed by atoms with Gasteiger partial charge in [0.25, 0.3) is 0 Å². The lowest BCUT2D eigenvalue weighted by Crippen LogP contribution is -2.40. The average Bonchev–Trinajstić information content (AvgIpc) is 2.62. The molecule has 1 atom stereocenters. The van der Waals surface area contributed by atoms with Crippen LogP contribution in [0.1, 0.15) is 6.42 Å². The molecule has 0 aromatic carbocycles. The predicted octanol–water partition coefficient (Wildman–Crippen LogP) is -1.05. The van der Waals surface area contributed by atoms with Crippen molar-refractivity contribution in [3.05, 3.63) is 0 Å². The zero-order valence-corrected chi connectivity index (χ0v) is 8.05. The lowest BCUT2D eigenvalue weighted by molar-refractivity contribution is 0.210. The summed E-state index contributed by atoms with van der Waals surface area (Å²) in [5.74, 6) is 0. The molecular formula is C8H18N4O. The van der Waals surface area contributed by atoms with Gasteiger partial charge in [0.05, 0.1) is 0 Å². The molecule has 0 aromatic rings. The minimum Gasteiger partial charge on any atom is -0.341 e.